The van der Waals surface area contributed by atoms with E-state index in [2.05, 4.69) is 22.5 Å². The third-order valence-corrected chi connectivity index (χ3v) is 3.19. The molecular formula is C12H25N3OS. The molecule has 1 heterocycles. The third-order valence-electron chi connectivity index (χ3n) is 2.93. The van der Waals surface area contributed by atoms with E-state index in [1.165, 1.54) is 32.5 Å². The van der Waals surface area contributed by atoms with Crippen LogP contribution in [0.1, 0.15) is 26.2 Å². The highest BCUT2D eigenvalue weighted by molar-refractivity contribution is 7.80. The fourth-order valence-corrected chi connectivity index (χ4v) is 2.38. The van der Waals surface area contributed by atoms with Crippen molar-refractivity contribution in [1.82, 2.24) is 15.5 Å². The molecule has 100 valence electrons. The maximum Gasteiger partial charge on any atom is 0.166 e. The predicted octanol–water partition coefficient (Wildman–Crippen LogP) is 0.971. The second-order valence-electron chi connectivity index (χ2n) is 4.66. The lowest BCUT2D eigenvalue weighted by molar-refractivity contribution is 0.179. The Bertz CT molecular complexity index is 220. The number of thiocarbonyl (C=S) groups is 1. The van der Waals surface area contributed by atoms with Crippen LogP contribution in [0.4, 0.5) is 0 Å². The van der Waals surface area contributed by atoms with E-state index in [4.69, 9.17) is 17.0 Å². The zero-order chi connectivity index (χ0) is 12.5. The lowest BCUT2D eigenvalue weighted by atomic mass is 10.3. The number of nitrogens with one attached hydrogen (secondary N) is 2. The van der Waals surface area contributed by atoms with Crippen LogP contribution >= 0.6 is 12.2 Å². The van der Waals surface area contributed by atoms with Gasteiger partial charge in [0, 0.05) is 19.7 Å². The van der Waals surface area contributed by atoms with E-state index in [9.17, 15) is 0 Å². The Morgan fingerprint density at radius 2 is 2.12 bits per heavy atom. The highest BCUT2D eigenvalue weighted by Gasteiger charge is 2.10. The van der Waals surface area contributed by atoms with Gasteiger partial charge in [-0.2, -0.15) is 0 Å². The molecule has 1 fully saturated rings. The lowest BCUT2D eigenvalue weighted by Crippen LogP contribution is -2.43. The summed E-state index contributed by atoms with van der Waals surface area (Å²) in [6, 6.07) is 0.263. The summed E-state index contributed by atoms with van der Waals surface area (Å²) < 4.78 is 5.04. The zero-order valence-electron chi connectivity index (χ0n) is 11.0. The molecule has 1 rings (SSSR count). The van der Waals surface area contributed by atoms with Crippen molar-refractivity contribution in [3.63, 3.8) is 0 Å². The second kappa shape index (κ2) is 8.66. The van der Waals surface area contributed by atoms with Crippen molar-refractivity contribution in [2.75, 3.05) is 39.9 Å². The molecular weight excluding hydrogens is 234 g/mol. The highest BCUT2D eigenvalue weighted by atomic mass is 32.1. The lowest BCUT2D eigenvalue weighted by Gasteiger charge is -2.17. The molecule has 1 unspecified atom stereocenters. The first-order chi connectivity index (χ1) is 8.22. The van der Waals surface area contributed by atoms with Crippen LogP contribution in [0.3, 0.4) is 0 Å². The highest BCUT2D eigenvalue weighted by Crippen LogP contribution is 2.06. The van der Waals surface area contributed by atoms with Crippen LogP contribution in [0.5, 0.6) is 0 Å². The van der Waals surface area contributed by atoms with Crippen molar-refractivity contribution in [3.8, 4) is 0 Å². The smallest absolute Gasteiger partial charge is 0.166 e. The molecule has 1 aliphatic rings. The monoisotopic (exact) mass is 259 g/mol. The summed E-state index contributed by atoms with van der Waals surface area (Å²) in [6.07, 6.45) is 3.88. The first-order valence-corrected chi connectivity index (χ1v) is 6.89. The predicted molar refractivity (Wildman–Crippen MR) is 75.4 cm³/mol. The van der Waals surface area contributed by atoms with E-state index in [-0.39, 0.29) is 6.04 Å². The number of likely N-dealkylation sites (tertiary alicyclic amines) is 1. The first kappa shape index (κ1) is 14.7. The minimum Gasteiger partial charge on any atom is -0.383 e. The Balaban J connectivity index is 1.95. The number of methoxy groups -OCH3 is 1. The fraction of sp³-hybridized carbons (Fsp3) is 0.917. The Hall–Kier alpha value is -0.390. The van der Waals surface area contributed by atoms with Gasteiger partial charge in [0.15, 0.2) is 5.11 Å². The first-order valence-electron chi connectivity index (χ1n) is 6.48. The summed E-state index contributed by atoms with van der Waals surface area (Å²) in [5.41, 5.74) is 0. The van der Waals surface area contributed by atoms with Gasteiger partial charge in [-0.3, -0.25) is 0 Å². The third kappa shape index (κ3) is 6.81. The average Bonchev–Trinajstić information content (AvgIpc) is 2.77. The maximum absolute atomic E-state index is 5.20. The van der Waals surface area contributed by atoms with Crippen LogP contribution in [-0.4, -0.2) is 55.9 Å². The number of rotatable bonds is 7. The van der Waals surface area contributed by atoms with E-state index < -0.39 is 0 Å². The Labute approximate surface area is 110 Å². The van der Waals surface area contributed by atoms with Gasteiger partial charge in [-0.15, -0.1) is 0 Å². The van der Waals surface area contributed by atoms with Crippen molar-refractivity contribution in [2.45, 2.75) is 32.2 Å². The molecule has 0 aliphatic carbocycles. The maximum atomic E-state index is 5.20. The van der Waals surface area contributed by atoms with Crippen LogP contribution in [0.25, 0.3) is 0 Å². The summed E-state index contributed by atoms with van der Waals surface area (Å²) in [6.45, 7) is 7.41. The minimum atomic E-state index is 0.263. The Morgan fingerprint density at radius 3 is 2.76 bits per heavy atom. The molecule has 0 aromatic heterocycles. The zero-order valence-corrected chi connectivity index (χ0v) is 11.8. The van der Waals surface area contributed by atoms with Gasteiger partial charge in [0.25, 0.3) is 0 Å². The summed E-state index contributed by atoms with van der Waals surface area (Å²) in [5, 5.41) is 7.16. The van der Waals surface area contributed by atoms with E-state index in [1.807, 2.05) is 0 Å². The van der Waals surface area contributed by atoms with Gasteiger partial charge >= 0.3 is 0 Å². The molecule has 17 heavy (non-hydrogen) atoms. The van der Waals surface area contributed by atoms with E-state index in [1.54, 1.807) is 7.11 Å². The standard InChI is InChI=1S/C12H25N3OS/c1-11(10-16-2)14-12(17)13-6-5-9-15-7-3-4-8-15/h11H,3-10H2,1-2H3,(H2,13,14,17). The van der Waals surface area contributed by atoms with Crippen molar-refractivity contribution < 1.29 is 4.74 Å². The molecule has 0 aromatic carbocycles. The van der Waals surface area contributed by atoms with Crippen molar-refractivity contribution in [1.29, 1.82) is 0 Å². The molecule has 0 radical (unpaired) electrons. The van der Waals surface area contributed by atoms with Crippen LogP contribution in [0, 0.1) is 0 Å². The number of ether oxygens (including phenoxy) is 1. The topological polar surface area (TPSA) is 36.5 Å². The summed E-state index contributed by atoms with van der Waals surface area (Å²) in [7, 11) is 1.70. The molecule has 2 N–H and O–H groups in total. The number of hydrogen-bond acceptors (Lipinski definition) is 3. The molecule has 0 aromatic rings. The normalized spacial score (nSPS) is 18.0. The van der Waals surface area contributed by atoms with Gasteiger partial charge in [-0.05, 0) is 58.0 Å². The molecule has 0 spiro atoms. The van der Waals surface area contributed by atoms with Crippen molar-refractivity contribution >= 4 is 17.3 Å². The van der Waals surface area contributed by atoms with Gasteiger partial charge in [-0.25, -0.2) is 0 Å². The minimum absolute atomic E-state index is 0.263. The fourth-order valence-electron chi connectivity index (χ4n) is 2.08. The summed E-state index contributed by atoms with van der Waals surface area (Å²) in [4.78, 5) is 2.52. The second-order valence-corrected chi connectivity index (χ2v) is 5.07. The van der Waals surface area contributed by atoms with E-state index >= 15 is 0 Å². The molecule has 1 saturated heterocycles. The van der Waals surface area contributed by atoms with Gasteiger partial charge in [0.1, 0.15) is 0 Å². The molecule has 1 atom stereocenters. The van der Waals surface area contributed by atoms with Crippen LogP contribution in [0.2, 0.25) is 0 Å². The Morgan fingerprint density at radius 1 is 1.41 bits per heavy atom. The average molecular weight is 259 g/mol. The van der Waals surface area contributed by atoms with Crippen LogP contribution in [0.15, 0.2) is 0 Å². The summed E-state index contributed by atoms with van der Waals surface area (Å²) in [5.74, 6) is 0. The quantitative estimate of drug-likeness (QED) is 0.526. The van der Waals surface area contributed by atoms with Gasteiger partial charge < -0.3 is 20.3 Å². The molecule has 1 aliphatic heterocycles. The van der Waals surface area contributed by atoms with E-state index in [0.29, 0.717) is 6.61 Å². The van der Waals surface area contributed by atoms with Gasteiger partial charge in [0.05, 0.1) is 6.61 Å². The van der Waals surface area contributed by atoms with Crippen LogP contribution < -0.4 is 10.6 Å². The van der Waals surface area contributed by atoms with E-state index in [0.717, 1.165) is 18.1 Å². The van der Waals surface area contributed by atoms with Gasteiger partial charge in [0.2, 0.25) is 0 Å². The number of hydrogen-bond donors (Lipinski definition) is 2. The SMILES string of the molecule is COCC(C)NC(=S)NCCCN1CCCC1. The molecule has 0 bridgehead atoms. The molecule has 5 heteroatoms. The summed E-state index contributed by atoms with van der Waals surface area (Å²) >= 11 is 5.20. The molecule has 0 saturated carbocycles. The van der Waals surface area contributed by atoms with Crippen LogP contribution in [-0.2, 0) is 4.74 Å². The van der Waals surface area contributed by atoms with Gasteiger partial charge in [-0.1, -0.05) is 0 Å². The van der Waals surface area contributed by atoms with Crippen molar-refractivity contribution in [3.05, 3.63) is 0 Å². The number of nitrogens with zero attached hydrogens (tertiary/aromatic N) is 1. The Kier molecular flexibility index (Phi) is 7.48. The molecule has 4 nitrogen and oxygen atoms in total. The largest absolute Gasteiger partial charge is 0.383 e. The molecule has 0 amide bonds. The van der Waals surface area contributed by atoms with Crippen molar-refractivity contribution in [2.24, 2.45) is 0 Å².